The highest BCUT2D eigenvalue weighted by Gasteiger charge is 2.13. The van der Waals surface area contributed by atoms with E-state index in [9.17, 15) is 0 Å². The van der Waals surface area contributed by atoms with Crippen LogP contribution in [-0.2, 0) is 6.42 Å². The molecule has 0 bridgehead atoms. The number of guanidine groups is 1. The van der Waals surface area contributed by atoms with Crippen LogP contribution >= 0.6 is 0 Å². The van der Waals surface area contributed by atoms with E-state index < -0.39 is 0 Å². The van der Waals surface area contributed by atoms with Crippen LogP contribution in [0.15, 0.2) is 27.8 Å². The maximum absolute atomic E-state index is 5.48. The third-order valence-corrected chi connectivity index (χ3v) is 3.29. The Morgan fingerprint density at radius 3 is 2.89 bits per heavy atom. The Balaban J connectivity index is 1.76. The maximum atomic E-state index is 5.48. The van der Waals surface area contributed by atoms with Gasteiger partial charge in [0.1, 0.15) is 5.76 Å². The van der Waals surface area contributed by atoms with Gasteiger partial charge >= 0.3 is 0 Å². The van der Waals surface area contributed by atoms with E-state index in [0.29, 0.717) is 18.5 Å². The highest BCUT2D eigenvalue weighted by molar-refractivity contribution is 5.79. The van der Waals surface area contributed by atoms with Gasteiger partial charge in [-0.15, -0.1) is 0 Å². The van der Waals surface area contributed by atoms with Gasteiger partial charge in [-0.2, -0.15) is 0 Å². The number of nitrogens with one attached hydrogen (secondary N) is 2. The van der Waals surface area contributed by atoms with Crippen molar-refractivity contribution < 1.29 is 4.42 Å². The van der Waals surface area contributed by atoms with Crippen LogP contribution in [-0.4, -0.2) is 18.5 Å². The number of nitrogens with zero attached hydrogens (tertiary/aromatic N) is 1. The summed E-state index contributed by atoms with van der Waals surface area (Å²) < 4.78 is 5.26. The van der Waals surface area contributed by atoms with Crippen LogP contribution in [0.5, 0.6) is 0 Å². The number of hydrazine groups is 1. The summed E-state index contributed by atoms with van der Waals surface area (Å²) in [4.78, 5) is 4.42. The molecule has 5 heteroatoms. The maximum Gasteiger partial charge on any atom is 0.205 e. The van der Waals surface area contributed by atoms with E-state index in [0.717, 1.165) is 12.2 Å². The van der Waals surface area contributed by atoms with Gasteiger partial charge in [-0.05, 0) is 25.0 Å². The molecular weight excluding hydrogens is 228 g/mol. The molecule has 4 N–H and O–H groups in total. The van der Waals surface area contributed by atoms with E-state index in [1.807, 2.05) is 12.1 Å². The van der Waals surface area contributed by atoms with Crippen molar-refractivity contribution in [2.75, 3.05) is 6.54 Å². The summed E-state index contributed by atoms with van der Waals surface area (Å²) in [5.41, 5.74) is 2.64. The molecule has 1 aliphatic rings. The standard InChI is InChI=1S/C13H22N4O/c14-17-13(16-11-5-2-1-3-6-11)15-9-8-12-7-4-10-18-12/h4,7,10-11H,1-3,5-6,8-9,14H2,(H2,15,16,17). The van der Waals surface area contributed by atoms with Gasteiger partial charge in [-0.25, -0.2) is 5.84 Å². The van der Waals surface area contributed by atoms with E-state index in [1.54, 1.807) is 6.26 Å². The predicted molar refractivity (Wildman–Crippen MR) is 72.0 cm³/mol. The van der Waals surface area contributed by atoms with Gasteiger partial charge < -0.3 is 9.73 Å². The second-order valence-corrected chi connectivity index (χ2v) is 4.68. The fourth-order valence-corrected chi connectivity index (χ4v) is 2.31. The lowest BCUT2D eigenvalue weighted by atomic mass is 9.96. The first kappa shape index (κ1) is 13.0. The fraction of sp³-hybridized carbons (Fsp3) is 0.615. The van der Waals surface area contributed by atoms with E-state index in [2.05, 4.69) is 15.7 Å². The van der Waals surface area contributed by atoms with Crippen LogP contribution in [0.4, 0.5) is 0 Å². The lowest BCUT2D eigenvalue weighted by molar-refractivity contribution is 0.410. The summed E-state index contributed by atoms with van der Waals surface area (Å²) in [6.07, 6.45) is 8.83. The lowest BCUT2D eigenvalue weighted by Crippen LogP contribution is -2.47. The van der Waals surface area contributed by atoms with Crippen LogP contribution in [0.3, 0.4) is 0 Å². The second-order valence-electron chi connectivity index (χ2n) is 4.68. The van der Waals surface area contributed by atoms with Crippen LogP contribution in [0, 0.1) is 0 Å². The highest BCUT2D eigenvalue weighted by atomic mass is 16.3. The second kappa shape index (κ2) is 7.06. The third kappa shape index (κ3) is 4.07. The van der Waals surface area contributed by atoms with Crippen molar-refractivity contribution in [3.05, 3.63) is 24.2 Å². The number of hydrogen-bond donors (Lipinski definition) is 3. The molecule has 1 saturated carbocycles. The molecule has 0 radical (unpaired) electrons. The molecular formula is C13H22N4O. The Bertz CT molecular complexity index is 355. The van der Waals surface area contributed by atoms with Gasteiger partial charge in [0.15, 0.2) is 0 Å². The van der Waals surface area contributed by atoms with Crippen LogP contribution < -0.4 is 16.6 Å². The zero-order valence-electron chi connectivity index (χ0n) is 10.7. The Labute approximate surface area is 108 Å². The minimum Gasteiger partial charge on any atom is -0.469 e. The Morgan fingerprint density at radius 1 is 1.39 bits per heavy atom. The number of furan rings is 1. The summed E-state index contributed by atoms with van der Waals surface area (Å²) in [6.45, 7) is 0.673. The molecule has 1 aromatic heterocycles. The quantitative estimate of drug-likeness (QED) is 0.328. The molecule has 1 aliphatic carbocycles. The average molecular weight is 250 g/mol. The van der Waals surface area contributed by atoms with Gasteiger partial charge in [-0.1, -0.05) is 19.3 Å². The normalized spacial score (nSPS) is 17.7. The summed E-state index contributed by atoms with van der Waals surface area (Å²) in [5, 5.41) is 3.37. The average Bonchev–Trinajstić information content (AvgIpc) is 2.92. The summed E-state index contributed by atoms with van der Waals surface area (Å²) in [6, 6.07) is 4.36. The highest BCUT2D eigenvalue weighted by Crippen LogP contribution is 2.17. The summed E-state index contributed by atoms with van der Waals surface area (Å²) in [5.74, 6) is 7.12. The molecule has 0 aromatic carbocycles. The van der Waals surface area contributed by atoms with Crippen molar-refractivity contribution in [3.8, 4) is 0 Å². The molecule has 0 spiro atoms. The summed E-state index contributed by atoms with van der Waals surface area (Å²) in [7, 11) is 0. The number of rotatable bonds is 4. The molecule has 18 heavy (non-hydrogen) atoms. The van der Waals surface area contributed by atoms with Gasteiger partial charge in [-0.3, -0.25) is 10.4 Å². The molecule has 100 valence electrons. The van der Waals surface area contributed by atoms with Gasteiger partial charge in [0.05, 0.1) is 6.26 Å². The molecule has 1 heterocycles. The number of hydrogen-bond acceptors (Lipinski definition) is 3. The molecule has 2 rings (SSSR count). The smallest absolute Gasteiger partial charge is 0.205 e. The molecule has 0 atom stereocenters. The minimum absolute atomic E-state index is 0.511. The van der Waals surface area contributed by atoms with E-state index >= 15 is 0 Å². The fourth-order valence-electron chi connectivity index (χ4n) is 2.31. The van der Waals surface area contributed by atoms with Crippen LogP contribution in [0.25, 0.3) is 0 Å². The van der Waals surface area contributed by atoms with Crippen molar-refractivity contribution in [2.45, 2.75) is 44.6 Å². The number of nitrogens with two attached hydrogens (primary N) is 1. The molecule has 0 amide bonds. The largest absolute Gasteiger partial charge is 0.469 e. The van der Waals surface area contributed by atoms with Crippen LogP contribution in [0.1, 0.15) is 37.9 Å². The first-order valence-electron chi connectivity index (χ1n) is 6.68. The van der Waals surface area contributed by atoms with Gasteiger partial charge in [0.25, 0.3) is 0 Å². The zero-order valence-corrected chi connectivity index (χ0v) is 10.7. The first-order chi connectivity index (χ1) is 8.88. The third-order valence-electron chi connectivity index (χ3n) is 3.29. The SMILES string of the molecule is NNC(=NCCc1ccco1)NC1CCCCC1. The molecule has 0 unspecified atom stereocenters. The predicted octanol–water partition coefficient (Wildman–Crippen LogP) is 1.56. The van der Waals surface area contributed by atoms with Crippen molar-refractivity contribution in [1.82, 2.24) is 10.7 Å². The number of aliphatic imine (C=N–C) groups is 1. The molecule has 5 nitrogen and oxygen atoms in total. The zero-order chi connectivity index (χ0) is 12.6. The Morgan fingerprint density at radius 2 is 2.22 bits per heavy atom. The monoisotopic (exact) mass is 250 g/mol. The minimum atomic E-state index is 0.511. The van der Waals surface area contributed by atoms with Gasteiger partial charge in [0.2, 0.25) is 5.96 Å². The van der Waals surface area contributed by atoms with Gasteiger partial charge in [0, 0.05) is 19.0 Å². The van der Waals surface area contributed by atoms with E-state index in [4.69, 9.17) is 10.3 Å². The van der Waals surface area contributed by atoms with Crippen molar-refractivity contribution >= 4 is 5.96 Å². The molecule has 0 aliphatic heterocycles. The first-order valence-corrected chi connectivity index (χ1v) is 6.68. The Kier molecular flexibility index (Phi) is 5.08. The molecule has 1 aromatic rings. The lowest BCUT2D eigenvalue weighted by Gasteiger charge is -2.24. The van der Waals surface area contributed by atoms with Crippen molar-refractivity contribution in [1.29, 1.82) is 0 Å². The van der Waals surface area contributed by atoms with E-state index in [-0.39, 0.29) is 0 Å². The van der Waals surface area contributed by atoms with Crippen LogP contribution in [0.2, 0.25) is 0 Å². The topological polar surface area (TPSA) is 75.6 Å². The summed E-state index contributed by atoms with van der Waals surface area (Å²) >= 11 is 0. The van der Waals surface area contributed by atoms with Crippen molar-refractivity contribution in [3.63, 3.8) is 0 Å². The van der Waals surface area contributed by atoms with E-state index in [1.165, 1.54) is 32.1 Å². The molecule has 1 fully saturated rings. The Hall–Kier alpha value is -1.49. The van der Waals surface area contributed by atoms with Crippen molar-refractivity contribution in [2.24, 2.45) is 10.8 Å². The molecule has 0 saturated heterocycles.